The summed E-state index contributed by atoms with van der Waals surface area (Å²) in [5.74, 6) is -0.245. The van der Waals surface area contributed by atoms with Crippen molar-refractivity contribution in [2.45, 2.75) is 18.8 Å². The molecule has 12 heteroatoms. The molecule has 0 aliphatic carbocycles. The molecule has 0 aromatic heterocycles. The maximum Gasteiger partial charge on any atom is 0.430 e. The maximum absolute atomic E-state index is 13.4. The Morgan fingerprint density at radius 1 is 1.05 bits per heavy atom. The summed E-state index contributed by atoms with van der Waals surface area (Å²) < 4.78 is 15.8. The molecule has 0 bridgehead atoms. The zero-order valence-corrected chi connectivity index (χ0v) is 22.5. The topological polar surface area (TPSA) is 111 Å². The van der Waals surface area contributed by atoms with Gasteiger partial charge in [-0.25, -0.2) is 10.2 Å². The van der Waals surface area contributed by atoms with Gasteiger partial charge in [0.05, 0.1) is 25.1 Å². The highest BCUT2D eigenvalue weighted by Gasteiger charge is 2.48. The van der Waals surface area contributed by atoms with Crippen molar-refractivity contribution in [3.8, 4) is 0 Å². The van der Waals surface area contributed by atoms with E-state index >= 15 is 0 Å². The molecule has 12 nitrogen and oxygen atoms in total. The second-order valence-electron chi connectivity index (χ2n) is 9.20. The van der Waals surface area contributed by atoms with Crippen molar-refractivity contribution in [1.29, 1.82) is 0 Å². The fourth-order valence-electron chi connectivity index (χ4n) is 4.36. The van der Waals surface area contributed by atoms with Crippen LogP contribution in [0.2, 0.25) is 0 Å². The van der Waals surface area contributed by atoms with Crippen LogP contribution in [0.4, 0.5) is 4.79 Å². The Hall–Kier alpha value is -2.58. The fourth-order valence-corrected chi connectivity index (χ4v) is 4.36. The van der Waals surface area contributed by atoms with Gasteiger partial charge >= 0.3 is 6.09 Å². The molecule has 0 saturated heterocycles. The molecule has 2 aliphatic heterocycles. The monoisotopic (exact) mass is 519 g/mol. The van der Waals surface area contributed by atoms with Crippen LogP contribution >= 0.6 is 0 Å². The minimum Gasteiger partial charge on any atom is -0.446 e. The summed E-state index contributed by atoms with van der Waals surface area (Å²) in [7, 11) is 9.27. The van der Waals surface area contributed by atoms with Gasteiger partial charge in [0, 0.05) is 58.0 Å². The number of likely N-dealkylation sites (N-methyl/N-ethyl adjacent to an activating group) is 2. The first-order valence-electron chi connectivity index (χ1n) is 12.5. The Morgan fingerprint density at radius 2 is 1.78 bits per heavy atom. The second-order valence-corrected chi connectivity index (χ2v) is 9.20. The van der Waals surface area contributed by atoms with E-state index in [1.807, 2.05) is 39.3 Å². The molecule has 2 amide bonds. The zero-order chi connectivity index (χ0) is 26.8. The van der Waals surface area contributed by atoms with Crippen molar-refractivity contribution in [2.24, 2.45) is 0 Å². The number of amides is 2. The number of carbonyl (C=O) groups excluding carboxylic acids is 2. The summed E-state index contributed by atoms with van der Waals surface area (Å²) in [4.78, 5) is 31.0. The third-order valence-electron chi connectivity index (χ3n) is 6.25. The molecule has 2 atom stereocenters. The Morgan fingerprint density at radius 3 is 2.46 bits per heavy atom. The molecule has 0 fully saturated rings. The summed E-state index contributed by atoms with van der Waals surface area (Å²) >= 11 is 0. The van der Waals surface area contributed by atoms with Gasteiger partial charge in [0.1, 0.15) is 12.8 Å². The van der Waals surface area contributed by atoms with Gasteiger partial charge in [0.2, 0.25) is 0 Å². The quantitative estimate of drug-likeness (QED) is 0.314. The van der Waals surface area contributed by atoms with Gasteiger partial charge in [0.15, 0.2) is 0 Å². The van der Waals surface area contributed by atoms with Crippen molar-refractivity contribution >= 4 is 12.0 Å². The maximum atomic E-state index is 13.4. The molecular weight excluding hydrogens is 478 g/mol. The van der Waals surface area contributed by atoms with E-state index in [0.717, 1.165) is 24.4 Å². The third kappa shape index (κ3) is 7.48. The van der Waals surface area contributed by atoms with Crippen LogP contribution in [-0.2, 0) is 14.2 Å². The smallest absolute Gasteiger partial charge is 0.430 e. The van der Waals surface area contributed by atoms with Gasteiger partial charge in [-0.15, -0.1) is 5.12 Å². The van der Waals surface area contributed by atoms with Gasteiger partial charge in [-0.3, -0.25) is 15.0 Å². The lowest BCUT2D eigenvalue weighted by atomic mass is 10.0. The van der Waals surface area contributed by atoms with Crippen LogP contribution in [0.15, 0.2) is 41.6 Å². The average molecular weight is 520 g/mol. The lowest BCUT2D eigenvalue weighted by Crippen LogP contribution is -2.61. The molecule has 2 aliphatic rings. The largest absolute Gasteiger partial charge is 0.446 e. The van der Waals surface area contributed by atoms with Gasteiger partial charge in [-0.2, -0.15) is 5.01 Å². The zero-order valence-electron chi connectivity index (χ0n) is 22.5. The minimum absolute atomic E-state index is 0.117. The highest BCUT2D eigenvalue weighted by molar-refractivity contribution is 5.94. The Kier molecular flexibility index (Phi) is 11.3. The summed E-state index contributed by atoms with van der Waals surface area (Å²) in [5.41, 5.74) is 5.49. The Bertz CT molecular complexity index is 914. The van der Waals surface area contributed by atoms with Crippen molar-refractivity contribution in [3.05, 3.63) is 47.2 Å². The molecule has 1 aromatic rings. The second kappa shape index (κ2) is 14.4. The number of ether oxygens (including phenoxy) is 3. The summed E-state index contributed by atoms with van der Waals surface area (Å²) in [5, 5.41) is 9.88. The highest BCUT2D eigenvalue weighted by atomic mass is 16.6. The molecule has 1 aromatic carbocycles. The number of hydrogen-bond donors (Lipinski definition) is 3. The highest BCUT2D eigenvalue weighted by Crippen LogP contribution is 2.35. The molecule has 2 unspecified atom stereocenters. The lowest BCUT2D eigenvalue weighted by molar-refractivity contribution is -0.0539. The predicted octanol–water partition coefficient (Wildman–Crippen LogP) is 0.276. The standard InChI is InChI=1S/C25H41N7O5/c1-29(2)14-15-30(3)22-21-20(11-12-26-22)31(25(34)37-18-17-36-5)32(27-13-16-35-4)23(21)28-24(33)19-9-7-6-8-10-19/h6-10,22-23,26-27H,11-18H2,1-5H3,(H,28,33). The molecule has 3 N–H and O–H groups in total. The number of nitrogens with one attached hydrogen (secondary N) is 3. The molecular formula is C25H41N7O5. The number of methoxy groups -OCH3 is 2. The van der Waals surface area contributed by atoms with Crippen molar-refractivity contribution in [3.63, 3.8) is 0 Å². The number of carbonyl (C=O) groups is 2. The Balaban J connectivity index is 1.98. The first kappa shape index (κ1) is 29.0. The molecule has 37 heavy (non-hydrogen) atoms. The van der Waals surface area contributed by atoms with Crippen LogP contribution in [0.1, 0.15) is 16.8 Å². The van der Waals surface area contributed by atoms with Crippen molar-refractivity contribution in [1.82, 2.24) is 36.0 Å². The molecule has 2 heterocycles. The van der Waals surface area contributed by atoms with Gasteiger partial charge in [-0.05, 0) is 33.3 Å². The van der Waals surface area contributed by atoms with E-state index in [1.165, 1.54) is 5.01 Å². The average Bonchev–Trinajstić information content (AvgIpc) is 3.21. The van der Waals surface area contributed by atoms with Crippen LogP contribution in [0, 0.1) is 0 Å². The molecule has 3 rings (SSSR count). The van der Waals surface area contributed by atoms with Crippen LogP contribution in [0.25, 0.3) is 0 Å². The minimum atomic E-state index is -0.644. The summed E-state index contributed by atoms with van der Waals surface area (Å²) in [6.07, 6.45) is -0.794. The Labute approximate surface area is 219 Å². The SMILES string of the molecule is COCCNN1C(NC(=O)c2ccccc2)C2=C(CCNC2N(C)CCN(C)C)N1C(=O)OCCOC. The number of nitrogens with zero attached hydrogens (tertiary/aromatic N) is 4. The first-order chi connectivity index (χ1) is 17.9. The molecule has 0 radical (unpaired) electrons. The lowest BCUT2D eigenvalue weighted by Gasteiger charge is -2.36. The normalized spacial score (nSPS) is 20.0. The van der Waals surface area contributed by atoms with Crippen LogP contribution in [-0.4, -0.2) is 126 Å². The van der Waals surface area contributed by atoms with E-state index in [2.05, 4.69) is 25.9 Å². The van der Waals surface area contributed by atoms with Crippen molar-refractivity contribution < 1.29 is 23.8 Å². The van der Waals surface area contributed by atoms with Crippen molar-refractivity contribution in [2.75, 3.05) is 81.4 Å². The van der Waals surface area contributed by atoms with Gasteiger partial charge in [-0.1, -0.05) is 18.2 Å². The summed E-state index contributed by atoms with van der Waals surface area (Å²) in [6, 6.07) is 9.03. The molecule has 206 valence electrons. The van der Waals surface area contributed by atoms with E-state index in [0.29, 0.717) is 31.7 Å². The van der Waals surface area contributed by atoms with E-state index < -0.39 is 12.3 Å². The third-order valence-corrected chi connectivity index (χ3v) is 6.25. The first-order valence-corrected chi connectivity index (χ1v) is 12.5. The van der Waals surface area contributed by atoms with E-state index in [-0.39, 0.29) is 25.3 Å². The fraction of sp³-hybridized carbons (Fsp3) is 0.600. The van der Waals surface area contributed by atoms with Crippen LogP contribution in [0.5, 0.6) is 0 Å². The van der Waals surface area contributed by atoms with E-state index in [9.17, 15) is 9.59 Å². The predicted molar refractivity (Wildman–Crippen MR) is 139 cm³/mol. The number of rotatable bonds is 13. The summed E-state index contributed by atoms with van der Waals surface area (Å²) in [6.45, 7) is 3.55. The number of hydrazine groups is 2. The van der Waals surface area contributed by atoms with Crippen LogP contribution < -0.4 is 16.1 Å². The van der Waals surface area contributed by atoms with Crippen LogP contribution in [0.3, 0.4) is 0 Å². The molecule has 0 saturated carbocycles. The van der Waals surface area contributed by atoms with Gasteiger partial charge in [0.25, 0.3) is 5.91 Å². The number of hydrogen-bond acceptors (Lipinski definition) is 10. The van der Waals surface area contributed by atoms with E-state index in [4.69, 9.17) is 14.2 Å². The number of benzene rings is 1. The molecule has 0 spiro atoms. The van der Waals surface area contributed by atoms with E-state index in [1.54, 1.807) is 31.5 Å². The van der Waals surface area contributed by atoms with Gasteiger partial charge < -0.3 is 24.4 Å².